The molecular formula is C15H23N3O5S2. The molecule has 0 aromatic carbocycles. The average molecular weight is 389 g/mol. The van der Waals surface area contributed by atoms with Crippen molar-refractivity contribution in [1.29, 1.82) is 0 Å². The first-order valence-corrected chi connectivity index (χ1v) is 10.3. The van der Waals surface area contributed by atoms with Gasteiger partial charge in [0.2, 0.25) is 10.0 Å². The molecule has 3 N–H and O–H groups in total. The van der Waals surface area contributed by atoms with Crippen molar-refractivity contribution in [3.63, 3.8) is 0 Å². The molecule has 0 aliphatic carbocycles. The Hall–Kier alpha value is -1.65. The molecule has 2 unspecified atom stereocenters. The molecule has 10 heteroatoms. The van der Waals surface area contributed by atoms with Gasteiger partial charge in [-0.2, -0.15) is 0 Å². The summed E-state index contributed by atoms with van der Waals surface area (Å²) >= 11 is 1.18. The number of carboxylic acid groups (broad SMARTS) is 1. The third-order valence-corrected chi connectivity index (χ3v) is 6.92. The maximum Gasteiger partial charge on any atom is 0.317 e. The fourth-order valence-electron chi connectivity index (χ4n) is 2.79. The second-order valence-corrected chi connectivity index (χ2v) is 9.56. The van der Waals surface area contributed by atoms with E-state index in [4.69, 9.17) is 5.11 Å². The first-order valence-electron chi connectivity index (χ1n) is 8.00. The molecule has 2 atom stereocenters. The van der Waals surface area contributed by atoms with Gasteiger partial charge in [-0.3, -0.25) is 4.79 Å². The molecule has 1 saturated heterocycles. The number of carboxylic acids is 1. The lowest BCUT2D eigenvalue weighted by Crippen LogP contribution is -2.50. The molecule has 0 radical (unpaired) electrons. The first kappa shape index (κ1) is 19.7. The molecule has 1 aliphatic rings. The third kappa shape index (κ3) is 5.41. The van der Waals surface area contributed by atoms with E-state index in [1.165, 1.54) is 16.2 Å². The normalized spacial score (nSPS) is 21.1. The highest BCUT2D eigenvalue weighted by Crippen LogP contribution is 2.22. The summed E-state index contributed by atoms with van der Waals surface area (Å²) in [6.07, 6.45) is 0.555. The molecule has 1 aromatic rings. The van der Waals surface area contributed by atoms with Crippen LogP contribution in [0.1, 0.15) is 18.2 Å². The van der Waals surface area contributed by atoms with Gasteiger partial charge in [0, 0.05) is 31.1 Å². The van der Waals surface area contributed by atoms with Crippen LogP contribution in [0, 0.1) is 18.8 Å². The van der Waals surface area contributed by atoms with E-state index in [-0.39, 0.29) is 35.8 Å². The zero-order chi connectivity index (χ0) is 18.6. The molecule has 0 spiro atoms. The molecule has 1 aromatic heterocycles. The lowest BCUT2D eigenvalue weighted by atomic mass is 9.91. The molecular weight excluding hydrogens is 366 g/mol. The maximum absolute atomic E-state index is 12.2. The SMILES string of the molecule is Cc1ccc(S(=O)(=O)NCCNC(=O)N2CC(C)CC(C(=O)O)C2)s1. The summed E-state index contributed by atoms with van der Waals surface area (Å²) in [5, 5.41) is 11.8. The Morgan fingerprint density at radius 2 is 2.04 bits per heavy atom. The zero-order valence-electron chi connectivity index (χ0n) is 14.2. The minimum atomic E-state index is -3.57. The van der Waals surface area contributed by atoms with Crippen LogP contribution < -0.4 is 10.0 Å². The summed E-state index contributed by atoms with van der Waals surface area (Å²) in [5.41, 5.74) is 0. The molecule has 1 fully saturated rings. The molecule has 1 aliphatic heterocycles. The van der Waals surface area contributed by atoms with Crippen molar-refractivity contribution in [3.8, 4) is 0 Å². The number of sulfonamides is 1. The van der Waals surface area contributed by atoms with Gasteiger partial charge in [-0.15, -0.1) is 11.3 Å². The summed E-state index contributed by atoms with van der Waals surface area (Å²) in [5.74, 6) is -1.35. The van der Waals surface area contributed by atoms with Gasteiger partial charge < -0.3 is 15.3 Å². The van der Waals surface area contributed by atoms with E-state index in [2.05, 4.69) is 10.0 Å². The molecule has 2 rings (SSSR count). The lowest BCUT2D eigenvalue weighted by Gasteiger charge is -2.34. The number of carbonyl (C=O) groups excluding carboxylic acids is 1. The number of carbonyl (C=O) groups is 2. The summed E-state index contributed by atoms with van der Waals surface area (Å²) in [6.45, 7) is 4.60. The highest BCUT2D eigenvalue weighted by molar-refractivity contribution is 7.91. The summed E-state index contributed by atoms with van der Waals surface area (Å²) < 4.78 is 26.8. The quantitative estimate of drug-likeness (QED) is 0.630. The number of thiophene rings is 1. The van der Waals surface area contributed by atoms with Crippen molar-refractivity contribution < 1.29 is 23.1 Å². The fraction of sp³-hybridized carbons (Fsp3) is 0.600. The second-order valence-electron chi connectivity index (χ2n) is 6.28. The Morgan fingerprint density at radius 3 is 2.64 bits per heavy atom. The smallest absolute Gasteiger partial charge is 0.317 e. The Bertz CT molecular complexity index is 731. The van der Waals surface area contributed by atoms with Crippen LogP contribution in [-0.4, -0.2) is 56.6 Å². The molecule has 0 bridgehead atoms. The summed E-state index contributed by atoms with van der Waals surface area (Å²) in [7, 11) is -3.57. The number of likely N-dealkylation sites (tertiary alicyclic amines) is 1. The molecule has 8 nitrogen and oxygen atoms in total. The van der Waals surface area contributed by atoms with E-state index < -0.39 is 21.9 Å². The standard InChI is InChI=1S/C15H23N3O5S2/c1-10-7-12(14(19)20)9-18(8-10)15(21)16-5-6-17-25(22,23)13-4-3-11(2)24-13/h3-4,10,12,17H,5-9H2,1-2H3,(H,16,21)(H,19,20). The van der Waals surface area contributed by atoms with Crippen LogP contribution in [0.3, 0.4) is 0 Å². The van der Waals surface area contributed by atoms with Crippen molar-refractivity contribution in [2.24, 2.45) is 11.8 Å². The van der Waals surface area contributed by atoms with Crippen LogP contribution >= 0.6 is 11.3 Å². The number of aryl methyl sites for hydroxylation is 1. The Morgan fingerprint density at radius 1 is 1.32 bits per heavy atom. The predicted molar refractivity (Wildman–Crippen MR) is 94.1 cm³/mol. The Labute approximate surface area is 151 Å². The number of rotatable bonds is 6. The number of hydrogen-bond donors (Lipinski definition) is 3. The number of hydrogen-bond acceptors (Lipinski definition) is 5. The summed E-state index contributed by atoms with van der Waals surface area (Å²) in [4.78, 5) is 25.7. The number of nitrogens with one attached hydrogen (secondary N) is 2. The number of piperidine rings is 1. The number of amides is 2. The minimum Gasteiger partial charge on any atom is -0.481 e. The molecule has 25 heavy (non-hydrogen) atoms. The van der Waals surface area contributed by atoms with Crippen molar-refractivity contribution in [1.82, 2.24) is 14.9 Å². The largest absolute Gasteiger partial charge is 0.481 e. The van der Waals surface area contributed by atoms with Crippen molar-refractivity contribution in [2.45, 2.75) is 24.5 Å². The van der Waals surface area contributed by atoms with Crippen molar-refractivity contribution in [2.75, 3.05) is 26.2 Å². The van der Waals surface area contributed by atoms with E-state index in [0.717, 1.165) is 4.88 Å². The van der Waals surface area contributed by atoms with Crippen LogP contribution in [0.2, 0.25) is 0 Å². The van der Waals surface area contributed by atoms with Gasteiger partial charge in [0.1, 0.15) is 4.21 Å². The van der Waals surface area contributed by atoms with Crippen molar-refractivity contribution in [3.05, 3.63) is 17.0 Å². The van der Waals surface area contributed by atoms with E-state index in [1.807, 2.05) is 13.8 Å². The van der Waals surface area contributed by atoms with E-state index in [1.54, 1.807) is 12.1 Å². The Balaban J connectivity index is 1.79. The van der Waals surface area contributed by atoms with Crippen LogP contribution in [0.25, 0.3) is 0 Å². The van der Waals surface area contributed by atoms with Gasteiger partial charge in [-0.1, -0.05) is 6.92 Å². The highest BCUT2D eigenvalue weighted by atomic mass is 32.2. The average Bonchev–Trinajstić information content (AvgIpc) is 2.98. The van der Waals surface area contributed by atoms with Gasteiger partial charge in [0.05, 0.1) is 5.92 Å². The van der Waals surface area contributed by atoms with Crippen LogP contribution in [-0.2, 0) is 14.8 Å². The predicted octanol–water partition coefficient (Wildman–Crippen LogP) is 1.09. The third-order valence-electron chi connectivity index (χ3n) is 3.97. The van der Waals surface area contributed by atoms with Gasteiger partial charge in [-0.25, -0.2) is 17.9 Å². The monoisotopic (exact) mass is 389 g/mol. The topological polar surface area (TPSA) is 116 Å². The van der Waals surface area contributed by atoms with E-state index in [9.17, 15) is 18.0 Å². The molecule has 2 amide bonds. The molecule has 2 heterocycles. The first-order chi connectivity index (χ1) is 11.7. The maximum atomic E-state index is 12.2. The van der Waals surface area contributed by atoms with Crippen LogP contribution in [0.5, 0.6) is 0 Å². The Kier molecular flexibility index (Phi) is 6.42. The molecule has 140 valence electrons. The molecule has 0 saturated carbocycles. The highest BCUT2D eigenvalue weighted by Gasteiger charge is 2.31. The number of urea groups is 1. The van der Waals surface area contributed by atoms with Gasteiger partial charge in [0.15, 0.2) is 0 Å². The van der Waals surface area contributed by atoms with E-state index >= 15 is 0 Å². The van der Waals surface area contributed by atoms with E-state index in [0.29, 0.717) is 13.0 Å². The number of aliphatic carboxylic acids is 1. The zero-order valence-corrected chi connectivity index (χ0v) is 15.8. The minimum absolute atomic E-state index is 0.0662. The summed E-state index contributed by atoms with van der Waals surface area (Å²) in [6, 6.07) is 2.91. The van der Waals surface area contributed by atoms with Crippen LogP contribution in [0.4, 0.5) is 4.79 Å². The second kappa shape index (κ2) is 8.15. The van der Waals surface area contributed by atoms with Crippen molar-refractivity contribution >= 4 is 33.4 Å². The fourth-order valence-corrected chi connectivity index (χ4v) is 5.15. The lowest BCUT2D eigenvalue weighted by molar-refractivity contribution is -0.143. The van der Waals surface area contributed by atoms with Crippen LogP contribution in [0.15, 0.2) is 16.3 Å². The number of nitrogens with zero attached hydrogens (tertiary/aromatic N) is 1. The van der Waals surface area contributed by atoms with Gasteiger partial charge in [0.25, 0.3) is 0 Å². The van der Waals surface area contributed by atoms with Gasteiger partial charge in [-0.05, 0) is 31.4 Å². The van der Waals surface area contributed by atoms with Gasteiger partial charge >= 0.3 is 12.0 Å².